The molecule has 0 atom stereocenters. The molecule has 0 aliphatic heterocycles. The molecule has 0 bridgehead atoms. The summed E-state index contributed by atoms with van der Waals surface area (Å²) < 4.78 is 11.9. The Morgan fingerprint density at radius 2 is 1.42 bits per heavy atom. The summed E-state index contributed by atoms with van der Waals surface area (Å²) in [5.74, 6) is -2.64. The molecule has 0 unspecified atom stereocenters. The van der Waals surface area contributed by atoms with E-state index in [-0.39, 0.29) is 12.8 Å². The number of hydrogen-bond acceptors (Lipinski definition) is 3. The first kappa shape index (κ1) is 16.6. The van der Waals surface area contributed by atoms with Crippen molar-refractivity contribution >= 4 is 17.8 Å². The molecule has 1 aromatic carbocycles. The molecule has 4 N–H and O–H groups in total. The fraction of sp³-hybridized carbons (Fsp3) is 0.250. The number of alkyl halides is 1. The van der Waals surface area contributed by atoms with Gasteiger partial charge in [0, 0.05) is 5.56 Å². The summed E-state index contributed by atoms with van der Waals surface area (Å²) >= 11 is 0. The second-order valence-electron chi connectivity index (χ2n) is 3.48. The number of nitrogens with two attached hydrogens (primary N) is 1. The Balaban J connectivity index is 0.000000362. The van der Waals surface area contributed by atoms with Crippen molar-refractivity contribution in [2.75, 3.05) is 0 Å². The number of hydrogen-bond donors (Lipinski definition) is 3. The zero-order chi connectivity index (χ0) is 14.8. The van der Waals surface area contributed by atoms with E-state index in [1.165, 1.54) is 12.1 Å². The smallest absolute Gasteiger partial charge is 0.303 e. The van der Waals surface area contributed by atoms with Gasteiger partial charge in [0.15, 0.2) is 0 Å². The number of carbonyl (C=O) groups is 3. The quantitative estimate of drug-likeness (QED) is 0.743. The number of amides is 1. The lowest BCUT2D eigenvalue weighted by molar-refractivity contribution is -0.143. The van der Waals surface area contributed by atoms with Crippen LogP contribution in [0.2, 0.25) is 0 Å². The molecule has 104 valence electrons. The number of carboxylic acid groups (broad SMARTS) is 2. The maximum Gasteiger partial charge on any atom is 0.303 e. The molecule has 1 amide bonds. The van der Waals surface area contributed by atoms with E-state index in [0.29, 0.717) is 11.1 Å². The van der Waals surface area contributed by atoms with Crippen LogP contribution in [-0.4, -0.2) is 28.1 Å². The van der Waals surface area contributed by atoms with Crippen molar-refractivity contribution in [3.63, 3.8) is 0 Å². The van der Waals surface area contributed by atoms with Gasteiger partial charge in [-0.25, -0.2) is 4.39 Å². The predicted molar refractivity (Wildman–Crippen MR) is 64.3 cm³/mol. The van der Waals surface area contributed by atoms with Gasteiger partial charge in [0.05, 0.1) is 12.8 Å². The van der Waals surface area contributed by atoms with Crippen molar-refractivity contribution in [2.24, 2.45) is 5.73 Å². The number of carboxylic acids is 2. The molecule has 6 nitrogen and oxygen atoms in total. The number of rotatable bonds is 5. The zero-order valence-corrected chi connectivity index (χ0v) is 10.0. The van der Waals surface area contributed by atoms with Gasteiger partial charge >= 0.3 is 11.9 Å². The van der Waals surface area contributed by atoms with E-state index in [2.05, 4.69) is 0 Å². The molecule has 0 radical (unpaired) electrons. The van der Waals surface area contributed by atoms with E-state index in [4.69, 9.17) is 15.9 Å². The second kappa shape index (κ2) is 8.62. The Morgan fingerprint density at radius 1 is 1.00 bits per heavy atom. The Hall–Kier alpha value is -2.44. The molecule has 19 heavy (non-hydrogen) atoms. The van der Waals surface area contributed by atoms with E-state index in [1.807, 2.05) is 0 Å². The third kappa shape index (κ3) is 8.31. The number of benzene rings is 1. The molecule has 7 heteroatoms. The first-order valence-corrected chi connectivity index (χ1v) is 5.25. The Morgan fingerprint density at radius 3 is 1.68 bits per heavy atom. The van der Waals surface area contributed by atoms with Gasteiger partial charge in [0.2, 0.25) is 5.91 Å². The maximum absolute atomic E-state index is 11.9. The van der Waals surface area contributed by atoms with E-state index in [9.17, 15) is 18.8 Å². The minimum Gasteiger partial charge on any atom is -0.481 e. The van der Waals surface area contributed by atoms with Crippen LogP contribution in [-0.2, 0) is 16.3 Å². The van der Waals surface area contributed by atoms with Crippen LogP contribution < -0.4 is 5.73 Å². The molecule has 0 spiro atoms. The molecule has 0 aromatic heterocycles. The van der Waals surface area contributed by atoms with E-state index >= 15 is 0 Å². The topological polar surface area (TPSA) is 118 Å². The number of carbonyl (C=O) groups excluding carboxylic acids is 1. The standard InChI is InChI=1S/C8H8FNO.C4H6O4/c9-5-6-1-3-7(4-2-6)8(10)11;5-3(6)1-2-4(7)8/h1-4H,5H2,(H2,10,11);1-2H2,(H,5,6)(H,7,8). The summed E-state index contributed by atoms with van der Waals surface area (Å²) in [5.41, 5.74) is 5.93. The van der Waals surface area contributed by atoms with Crippen LogP contribution >= 0.6 is 0 Å². The van der Waals surface area contributed by atoms with Gasteiger partial charge < -0.3 is 15.9 Å². The Labute approximate surface area is 108 Å². The fourth-order valence-electron chi connectivity index (χ4n) is 0.972. The molecule has 1 aromatic rings. The molecular weight excluding hydrogens is 257 g/mol. The molecule has 0 aliphatic carbocycles. The normalized spacial score (nSPS) is 9.11. The van der Waals surface area contributed by atoms with Crippen molar-refractivity contribution in [3.05, 3.63) is 35.4 Å². The van der Waals surface area contributed by atoms with Crippen LogP contribution in [0.3, 0.4) is 0 Å². The minimum absolute atomic E-state index is 0.296. The lowest BCUT2D eigenvalue weighted by atomic mass is 10.1. The summed E-state index contributed by atoms with van der Waals surface area (Å²) in [6, 6.07) is 6.11. The molecule has 0 heterocycles. The van der Waals surface area contributed by atoms with Crippen molar-refractivity contribution in [2.45, 2.75) is 19.5 Å². The van der Waals surface area contributed by atoms with Gasteiger partial charge in [-0.2, -0.15) is 0 Å². The van der Waals surface area contributed by atoms with Crippen LogP contribution in [0.15, 0.2) is 24.3 Å². The summed E-state index contributed by atoms with van der Waals surface area (Å²) in [7, 11) is 0. The van der Waals surface area contributed by atoms with Gasteiger partial charge in [0.25, 0.3) is 0 Å². The van der Waals surface area contributed by atoms with Gasteiger partial charge in [-0.1, -0.05) is 12.1 Å². The molecule has 0 fully saturated rings. The predicted octanol–water partition coefficient (Wildman–Crippen LogP) is 1.19. The van der Waals surface area contributed by atoms with Crippen LogP contribution in [0.5, 0.6) is 0 Å². The first-order chi connectivity index (χ1) is 8.86. The van der Waals surface area contributed by atoms with Crippen LogP contribution in [0.1, 0.15) is 28.8 Å². The summed E-state index contributed by atoms with van der Waals surface area (Å²) in [4.78, 5) is 29.8. The third-order valence-corrected chi connectivity index (χ3v) is 1.95. The molecular formula is C12H14FNO5. The average Bonchev–Trinajstić information content (AvgIpc) is 2.37. The van der Waals surface area contributed by atoms with Gasteiger partial charge in [-0.3, -0.25) is 14.4 Å². The van der Waals surface area contributed by atoms with Crippen molar-refractivity contribution < 1.29 is 29.0 Å². The highest BCUT2D eigenvalue weighted by Gasteiger charge is 2.00. The maximum atomic E-state index is 11.9. The van der Waals surface area contributed by atoms with Crippen LogP contribution in [0.4, 0.5) is 4.39 Å². The third-order valence-electron chi connectivity index (χ3n) is 1.95. The fourth-order valence-corrected chi connectivity index (χ4v) is 0.972. The van der Waals surface area contributed by atoms with Crippen LogP contribution in [0, 0.1) is 0 Å². The van der Waals surface area contributed by atoms with Gasteiger partial charge in [0.1, 0.15) is 6.67 Å². The molecule has 1 rings (SSSR count). The summed E-state index contributed by atoms with van der Waals surface area (Å²) in [5, 5.41) is 15.8. The lowest BCUT2D eigenvalue weighted by Gasteiger charge is -1.95. The van der Waals surface area contributed by atoms with Gasteiger partial charge in [-0.05, 0) is 17.7 Å². The highest BCUT2D eigenvalue weighted by atomic mass is 19.1. The Bertz CT molecular complexity index is 430. The summed E-state index contributed by atoms with van der Waals surface area (Å²) in [6.45, 7) is -0.515. The average molecular weight is 271 g/mol. The number of halogens is 1. The SMILES string of the molecule is NC(=O)c1ccc(CF)cc1.O=C(O)CCC(=O)O. The number of aliphatic carboxylic acids is 2. The van der Waals surface area contributed by atoms with Gasteiger partial charge in [-0.15, -0.1) is 0 Å². The number of primary amides is 1. The molecule has 0 aliphatic rings. The zero-order valence-electron chi connectivity index (χ0n) is 10.0. The highest BCUT2D eigenvalue weighted by Crippen LogP contribution is 2.04. The lowest BCUT2D eigenvalue weighted by Crippen LogP contribution is -2.10. The second-order valence-corrected chi connectivity index (χ2v) is 3.48. The monoisotopic (exact) mass is 271 g/mol. The first-order valence-electron chi connectivity index (χ1n) is 5.25. The highest BCUT2D eigenvalue weighted by molar-refractivity contribution is 5.92. The minimum atomic E-state index is -1.08. The van der Waals surface area contributed by atoms with E-state index in [1.54, 1.807) is 12.1 Å². The van der Waals surface area contributed by atoms with Crippen molar-refractivity contribution in [3.8, 4) is 0 Å². The Kier molecular flexibility index (Phi) is 7.51. The molecule has 0 saturated heterocycles. The van der Waals surface area contributed by atoms with Crippen molar-refractivity contribution in [1.82, 2.24) is 0 Å². The van der Waals surface area contributed by atoms with Crippen molar-refractivity contribution in [1.29, 1.82) is 0 Å². The molecule has 0 saturated carbocycles. The van der Waals surface area contributed by atoms with E-state index < -0.39 is 24.5 Å². The largest absolute Gasteiger partial charge is 0.481 e. The van der Waals surface area contributed by atoms with E-state index in [0.717, 1.165) is 0 Å². The van der Waals surface area contributed by atoms with Crippen LogP contribution in [0.25, 0.3) is 0 Å². The summed E-state index contributed by atoms with van der Waals surface area (Å²) in [6.07, 6.45) is -0.593.